The Morgan fingerprint density at radius 3 is 2.36 bits per heavy atom. The van der Waals surface area contributed by atoms with Gasteiger partial charge in [-0.3, -0.25) is 4.79 Å². The normalized spacial score (nSPS) is 16.1. The molecule has 1 aromatic carbocycles. The van der Waals surface area contributed by atoms with Crippen LogP contribution in [0.15, 0.2) is 18.2 Å². The van der Waals surface area contributed by atoms with Gasteiger partial charge in [-0.15, -0.1) is 0 Å². The van der Waals surface area contributed by atoms with Crippen molar-refractivity contribution in [1.82, 2.24) is 4.90 Å². The average Bonchev–Trinajstić information content (AvgIpc) is 2.60. The SMILES string of the molecule is COc1ccc(N(C(C)=O)C2CCN(CCC(C)C)CC2)cc1OC. The maximum absolute atomic E-state index is 12.3. The van der Waals surface area contributed by atoms with Crippen molar-refractivity contribution in [2.75, 3.05) is 38.8 Å². The van der Waals surface area contributed by atoms with Gasteiger partial charge in [-0.05, 0) is 43.9 Å². The lowest BCUT2D eigenvalue weighted by molar-refractivity contribution is -0.117. The van der Waals surface area contributed by atoms with E-state index in [0.29, 0.717) is 11.5 Å². The molecule has 0 atom stereocenters. The van der Waals surface area contributed by atoms with Gasteiger partial charge in [0.25, 0.3) is 0 Å². The molecule has 0 unspecified atom stereocenters. The third kappa shape index (κ3) is 5.11. The van der Waals surface area contributed by atoms with E-state index in [2.05, 4.69) is 18.7 Å². The van der Waals surface area contributed by atoms with Gasteiger partial charge in [-0.2, -0.15) is 0 Å². The lowest BCUT2D eigenvalue weighted by atomic mass is 10.0. The molecule has 5 heteroatoms. The van der Waals surface area contributed by atoms with Crippen LogP contribution in [-0.2, 0) is 4.79 Å². The standard InChI is InChI=1S/C20H32N2O3/c1-15(2)8-11-21-12-9-17(10-13-21)22(16(3)23)18-6-7-19(24-4)20(14-18)25-5/h6-7,14-15,17H,8-13H2,1-5H3. The fraction of sp³-hybridized carbons (Fsp3) is 0.650. The largest absolute Gasteiger partial charge is 0.493 e. The molecule has 0 aromatic heterocycles. The first-order valence-corrected chi connectivity index (χ1v) is 9.20. The van der Waals surface area contributed by atoms with E-state index in [0.717, 1.165) is 44.1 Å². The predicted octanol–water partition coefficient (Wildman–Crippen LogP) is 3.57. The van der Waals surface area contributed by atoms with Crippen molar-refractivity contribution in [3.63, 3.8) is 0 Å². The van der Waals surface area contributed by atoms with Crippen LogP contribution in [0.1, 0.15) is 40.0 Å². The summed E-state index contributed by atoms with van der Waals surface area (Å²) in [6, 6.07) is 5.94. The first-order valence-electron chi connectivity index (χ1n) is 9.20. The minimum absolute atomic E-state index is 0.0767. The fourth-order valence-electron chi connectivity index (χ4n) is 3.47. The van der Waals surface area contributed by atoms with Crippen LogP contribution >= 0.6 is 0 Å². The van der Waals surface area contributed by atoms with Crippen LogP contribution in [0.25, 0.3) is 0 Å². The van der Waals surface area contributed by atoms with E-state index >= 15 is 0 Å². The first-order chi connectivity index (χ1) is 12.0. The number of hydrogen-bond donors (Lipinski definition) is 0. The molecule has 1 amide bonds. The van der Waals surface area contributed by atoms with Crippen LogP contribution in [0.2, 0.25) is 0 Å². The maximum Gasteiger partial charge on any atom is 0.224 e. The zero-order chi connectivity index (χ0) is 18.4. The van der Waals surface area contributed by atoms with Crippen LogP contribution in [0.4, 0.5) is 5.69 Å². The number of likely N-dealkylation sites (tertiary alicyclic amines) is 1. The molecular formula is C20H32N2O3. The van der Waals surface area contributed by atoms with Crippen LogP contribution in [0.5, 0.6) is 11.5 Å². The van der Waals surface area contributed by atoms with E-state index < -0.39 is 0 Å². The van der Waals surface area contributed by atoms with Crippen molar-refractivity contribution in [2.24, 2.45) is 5.92 Å². The number of amides is 1. The molecule has 25 heavy (non-hydrogen) atoms. The third-order valence-corrected chi connectivity index (χ3v) is 4.93. The number of methoxy groups -OCH3 is 2. The molecule has 5 nitrogen and oxygen atoms in total. The van der Waals surface area contributed by atoms with Gasteiger partial charge in [0.2, 0.25) is 5.91 Å². The second-order valence-corrected chi connectivity index (χ2v) is 7.18. The molecule has 2 rings (SSSR count). The number of rotatable bonds is 7. The highest BCUT2D eigenvalue weighted by Crippen LogP contribution is 2.33. The maximum atomic E-state index is 12.3. The zero-order valence-electron chi connectivity index (χ0n) is 16.2. The second kappa shape index (κ2) is 9.09. The molecule has 1 heterocycles. The number of carbonyl (C=O) groups is 1. The quantitative estimate of drug-likeness (QED) is 0.755. The van der Waals surface area contributed by atoms with Gasteiger partial charge in [-0.1, -0.05) is 13.8 Å². The van der Waals surface area contributed by atoms with E-state index in [-0.39, 0.29) is 11.9 Å². The second-order valence-electron chi connectivity index (χ2n) is 7.18. The van der Waals surface area contributed by atoms with Crippen LogP contribution in [-0.4, -0.2) is 50.7 Å². The molecule has 0 spiro atoms. The monoisotopic (exact) mass is 348 g/mol. The van der Waals surface area contributed by atoms with Gasteiger partial charge in [-0.25, -0.2) is 0 Å². The van der Waals surface area contributed by atoms with Gasteiger partial charge in [0, 0.05) is 37.8 Å². The Hall–Kier alpha value is -1.75. The Balaban J connectivity index is 2.08. The Kier molecular flexibility index (Phi) is 7.12. The van der Waals surface area contributed by atoms with Crippen molar-refractivity contribution in [2.45, 2.75) is 46.1 Å². The molecule has 0 radical (unpaired) electrons. The van der Waals surface area contributed by atoms with Crippen LogP contribution in [0.3, 0.4) is 0 Å². The summed E-state index contributed by atoms with van der Waals surface area (Å²) < 4.78 is 10.7. The summed E-state index contributed by atoms with van der Waals surface area (Å²) >= 11 is 0. The summed E-state index contributed by atoms with van der Waals surface area (Å²) in [6.45, 7) is 9.42. The van der Waals surface area contributed by atoms with Crippen molar-refractivity contribution >= 4 is 11.6 Å². The van der Waals surface area contributed by atoms with E-state index in [1.54, 1.807) is 21.1 Å². The fourth-order valence-corrected chi connectivity index (χ4v) is 3.47. The predicted molar refractivity (Wildman–Crippen MR) is 102 cm³/mol. The Morgan fingerprint density at radius 2 is 1.84 bits per heavy atom. The van der Waals surface area contributed by atoms with Crippen molar-refractivity contribution < 1.29 is 14.3 Å². The van der Waals surface area contributed by atoms with Gasteiger partial charge < -0.3 is 19.3 Å². The summed E-state index contributed by atoms with van der Waals surface area (Å²) in [4.78, 5) is 16.8. The molecule has 0 aliphatic carbocycles. The molecule has 1 saturated heterocycles. The third-order valence-electron chi connectivity index (χ3n) is 4.93. The van der Waals surface area contributed by atoms with E-state index in [1.807, 2.05) is 23.1 Å². The Bertz CT molecular complexity index is 566. The molecule has 0 saturated carbocycles. The molecule has 1 aromatic rings. The van der Waals surface area contributed by atoms with Crippen molar-refractivity contribution in [1.29, 1.82) is 0 Å². The minimum Gasteiger partial charge on any atom is -0.493 e. The molecule has 0 bridgehead atoms. The summed E-state index contributed by atoms with van der Waals surface area (Å²) in [6.07, 6.45) is 3.24. The highest BCUT2D eigenvalue weighted by Gasteiger charge is 2.28. The van der Waals surface area contributed by atoms with Crippen LogP contribution < -0.4 is 14.4 Å². The van der Waals surface area contributed by atoms with Gasteiger partial charge >= 0.3 is 0 Å². The molecule has 140 valence electrons. The van der Waals surface area contributed by atoms with Crippen LogP contribution in [0, 0.1) is 5.92 Å². The van der Waals surface area contributed by atoms with Crippen molar-refractivity contribution in [3.05, 3.63) is 18.2 Å². The lowest BCUT2D eigenvalue weighted by Crippen LogP contribution is -2.47. The average molecular weight is 348 g/mol. The molecule has 1 fully saturated rings. The van der Waals surface area contributed by atoms with Crippen molar-refractivity contribution in [3.8, 4) is 11.5 Å². The van der Waals surface area contributed by atoms with E-state index in [4.69, 9.17) is 9.47 Å². The Labute approximate surface area is 151 Å². The smallest absolute Gasteiger partial charge is 0.224 e. The Morgan fingerprint density at radius 1 is 1.20 bits per heavy atom. The molecule has 1 aliphatic rings. The lowest BCUT2D eigenvalue weighted by Gasteiger charge is -2.38. The molecular weight excluding hydrogens is 316 g/mol. The number of ether oxygens (including phenoxy) is 2. The highest BCUT2D eigenvalue weighted by atomic mass is 16.5. The van der Waals surface area contributed by atoms with Gasteiger partial charge in [0.1, 0.15) is 0 Å². The molecule has 0 N–H and O–H groups in total. The zero-order valence-corrected chi connectivity index (χ0v) is 16.2. The topological polar surface area (TPSA) is 42.0 Å². The highest BCUT2D eigenvalue weighted by molar-refractivity contribution is 5.92. The van der Waals surface area contributed by atoms with E-state index in [1.165, 1.54) is 6.42 Å². The number of piperidine rings is 1. The number of nitrogens with zero attached hydrogens (tertiary/aromatic N) is 2. The first kappa shape index (κ1) is 19.6. The van der Waals surface area contributed by atoms with Gasteiger partial charge in [0.05, 0.1) is 14.2 Å². The van der Waals surface area contributed by atoms with E-state index in [9.17, 15) is 4.79 Å². The number of carbonyl (C=O) groups excluding carboxylic acids is 1. The summed E-state index contributed by atoms with van der Waals surface area (Å²) in [7, 11) is 3.24. The number of hydrogen-bond acceptors (Lipinski definition) is 4. The summed E-state index contributed by atoms with van der Waals surface area (Å²) in [5.74, 6) is 2.14. The minimum atomic E-state index is 0.0767. The summed E-state index contributed by atoms with van der Waals surface area (Å²) in [5.41, 5.74) is 0.880. The van der Waals surface area contributed by atoms with Gasteiger partial charge in [0.15, 0.2) is 11.5 Å². The number of anilines is 1. The number of benzene rings is 1. The molecule has 1 aliphatic heterocycles. The summed E-state index contributed by atoms with van der Waals surface area (Å²) in [5, 5.41) is 0.